The van der Waals surface area contributed by atoms with Gasteiger partial charge in [-0.15, -0.1) is 0 Å². The van der Waals surface area contributed by atoms with Crippen LogP contribution >= 0.6 is 11.6 Å². The van der Waals surface area contributed by atoms with Crippen molar-refractivity contribution in [3.8, 4) is 0 Å². The van der Waals surface area contributed by atoms with Crippen molar-refractivity contribution < 1.29 is 18.0 Å². The minimum absolute atomic E-state index is 0.0473. The van der Waals surface area contributed by atoms with Gasteiger partial charge in [0.25, 0.3) is 10.0 Å². The highest BCUT2D eigenvalue weighted by Crippen LogP contribution is 2.26. The Morgan fingerprint density at radius 1 is 0.841 bits per heavy atom. The van der Waals surface area contributed by atoms with E-state index in [1.807, 2.05) is 68.4 Å². The van der Waals surface area contributed by atoms with Crippen LogP contribution in [-0.4, -0.2) is 44.3 Å². The number of carbonyl (C=O) groups excluding carboxylic acids is 2. The molecule has 0 radical (unpaired) electrons. The maximum Gasteiger partial charge on any atom is 0.264 e. The van der Waals surface area contributed by atoms with Crippen LogP contribution in [0.25, 0.3) is 0 Å². The summed E-state index contributed by atoms with van der Waals surface area (Å²) in [6, 6.07) is 30.7. The first kappa shape index (κ1) is 32.8. The van der Waals surface area contributed by atoms with Crippen LogP contribution in [0.15, 0.2) is 114 Å². The fourth-order valence-electron chi connectivity index (χ4n) is 4.92. The third-order valence-electron chi connectivity index (χ3n) is 7.26. The molecule has 9 heteroatoms. The van der Waals surface area contributed by atoms with E-state index in [9.17, 15) is 18.0 Å². The molecule has 0 unspecified atom stereocenters. The Morgan fingerprint density at radius 3 is 2.11 bits per heavy atom. The van der Waals surface area contributed by atoms with E-state index in [2.05, 4.69) is 5.32 Å². The van der Waals surface area contributed by atoms with Crippen molar-refractivity contribution >= 4 is 39.1 Å². The second-order valence-electron chi connectivity index (χ2n) is 10.7. The molecule has 44 heavy (non-hydrogen) atoms. The molecule has 4 aromatic carbocycles. The highest BCUT2D eigenvalue weighted by atomic mass is 35.5. The van der Waals surface area contributed by atoms with Crippen molar-refractivity contribution in [1.82, 2.24) is 10.2 Å². The first-order valence-corrected chi connectivity index (χ1v) is 16.5. The average Bonchev–Trinajstić information content (AvgIpc) is 3.03. The standard InChI is InChI=1S/C35H38ClN3O4S/c1-3-4-22-37-35(41)33(24-28-13-7-5-8-14-28)38(25-29-15-11-12-27(2)23-29)34(40)26-39(31-20-18-30(36)19-21-31)44(42,43)32-16-9-6-10-17-32/h5-21,23,33H,3-4,22,24-26H2,1-2H3,(H,37,41)/t33-/m0/s1. The molecule has 1 N–H and O–H groups in total. The summed E-state index contributed by atoms with van der Waals surface area (Å²) < 4.78 is 29.1. The first-order chi connectivity index (χ1) is 21.2. The van der Waals surface area contributed by atoms with Gasteiger partial charge in [-0.3, -0.25) is 13.9 Å². The van der Waals surface area contributed by atoms with Crippen LogP contribution < -0.4 is 9.62 Å². The summed E-state index contributed by atoms with van der Waals surface area (Å²) in [5.74, 6) is -0.792. The Balaban J connectivity index is 1.78. The largest absolute Gasteiger partial charge is 0.354 e. The van der Waals surface area contributed by atoms with Crippen molar-refractivity contribution in [2.75, 3.05) is 17.4 Å². The summed E-state index contributed by atoms with van der Waals surface area (Å²) in [5.41, 5.74) is 3.02. The zero-order valence-corrected chi connectivity index (χ0v) is 26.6. The zero-order chi connectivity index (χ0) is 31.5. The predicted molar refractivity (Wildman–Crippen MR) is 176 cm³/mol. The molecule has 0 aromatic heterocycles. The number of amides is 2. The van der Waals surface area contributed by atoms with Gasteiger partial charge in [0.2, 0.25) is 11.8 Å². The van der Waals surface area contributed by atoms with Gasteiger partial charge >= 0.3 is 0 Å². The summed E-state index contributed by atoms with van der Waals surface area (Å²) in [7, 11) is -4.16. The Labute approximate surface area is 265 Å². The van der Waals surface area contributed by atoms with E-state index < -0.39 is 28.5 Å². The number of hydrogen-bond donors (Lipinski definition) is 1. The van der Waals surface area contributed by atoms with Crippen LogP contribution in [0.3, 0.4) is 0 Å². The first-order valence-electron chi connectivity index (χ1n) is 14.7. The highest BCUT2D eigenvalue weighted by molar-refractivity contribution is 7.92. The normalized spacial score (nSPS) is 11.9. The third kappa shape index (κ3) is 8.71. The van der Waals surface area contributed by atoms with E-state index >= 15 is 0 Å². The van der Waals surface area contributed by atoms with Gasteiger partial charge in [0, 0.05) is 24.5 Å². The minimum Gasteiger partial charge on any atom is -0.354 e. The van der Waals surface area contributed by atoms with Crippen LogP contribution in [0, 0.1) is 6.92 Å². The summed E-state index contributed by atoms with van der Waals surface area (Å²) in [6.45, 7) is 4.09. The number of nitrogens with zero attached hydrogens (tertiary/aromatic N) is 2. The molecule has 0 aliphatic heterocycles. The number of unbranched alkanes of at least 4 members (excludes halogenated alkanes) is 1. The number of anilines is 1. The monoisotopic (exact) mass is 631 g/mol. The van der Waals surface area contributed by atoms with E-state index in [1.54, 1.807) is 42.5 Å². The lowest BCUT2D eigenvalue weighted by Gasteiger charge is -2.34. The number of benzene rings is 4. The van der Waals surface area contributed by atoms with Gasteiger partial charge in [-0.1, -0.05) is 103 Å². The lowest BCUT2D eigenvalue weighted by Crippen LogP contribution is -2.53. The molecule has 4 aromatic rings. The molecule has 0 aliphatic rings. The van der Waals surface area contributed by atoms with Gasteiger partial charge in [-0.25, -0.2) is 8.42 Å². The number of aryl methyl sites for hydroxylation is 1. The summed E-state index contributed by atoms with van der Waals surface area (Å²) >= 11 is 6.12. The van der Waals surface area contributed by atoms with Gasteiger partial charge in [0.1, 0.15) is 12.6 Å². The molecule has 7 nitrogen and oxygen atoms in total. The maximum atomic E-state index is 14.4. The smallest absolute Gasteiger partial charge is 0.264 e. The van der Waals surface area contributed by atoms with Crippen LogP contribution in [0.5, 0.6) is 0 Å². The van der Waals surface area contributed by atoms with E-state index in [1.165, 1.54) is 17.0 Å². The Bertz CT molecular complexity index is 1630. The zero-order valence-electron chi connectivity index (χ0n) is 25.0. The summed E-state index contributed by atoms with van der Waals surface area (Å²) in [4.78, 5) is 29.8. The number of sulfonamides is 1. The molecule has 0 heterocycles. The van der Waals surface area contributed by atoms with Gasteiger partial charge < -0.3 is 10.2 Å². The molecule has 0 fully saturated rings. The van der Waals surface area contributed by atoms with Crippen LogP contribution in [0.2, 0.25) is 5.02 Å². The van der Waals surface area contributed by atoms with Crippen LogP contribution in [-0.2, 0) is 32.6 Å². The van der Waals surface area contributed by atoms with E-state index in [0.717, 1.165) is 33.8 Å². The predicted octanol–water partition coefficient (Wildman–Crippen LogP) is 6.40. The maximum absolute atomic E-state index is 14.4. The van der Waals surface area contributed by atoms with E-state index in [-0.39, 0.29) is 29.5 Å². The Morgan fingerprint density at radius 2 is 1.48 bits per heavy atom. The quantitative estimate of drug-likeness (QED) is 0.163. The number of hydrogen-bond acceptors (Lipinski definition) is 4. The van der Waals surface area contributed by atoms with Gasteiger partial charge in [0.05, 0.1) is 10.6 Å². The number of nitrogens with one attached hydrogen (secondary N) is 1. The summed E-state index contributed by atoms with van der Waals surface area (Å²) in [5, 5.41) is 3.44. The molecule has 0 bridgehead atoms. The van der Waals surface area contributed by atoms with Crippen molar-refractivity contribution in [2.24, 2.45) is 0 Å². The lowest BCUT2D eigenvalue weighted by atomic mass is 10.0. The highest BCUT2D eigenvalue weighted by Gasteiger charge is 2.34. The van der Waals surface area contributed by atoms with Crippen molar-refractivity contribution in [3.63, 3.8) is 0 Å². The molecule has 1 atom stereocenters. The second kappa shape index (κ2) is 15.5. The van der Waals surface area contributed by atoms with Gasteiger partial charge in [0.15, 0.2) is 0 Å². The molecule has 230 valence electrons. The van der Waals surface area contributed by atoms with Crippen molar-refractivity contribution in [2.45, 2.75) is 50.6 Å². The topological polar surface area (TPSA) is 86.8 Å². The summed E-state index contributed by atoms with van der Waals surface area (Å²) in [6.07, 6.45) is 1.97. The average molecular weight is 632 g/mol. The molecule has 4 rings (SSSR count). The molecule has 0 saturated heterocycles. The molecule has 0 spiro atoms. The number of halogens is 1. The molecular weight excluding hydrogens is 594 g/mol. The lowest BCUT2D eigenvalue weighted by molar-refractivity contribution is -0.140. The Hall–Kier alpha value is -4.14. The van der Waals surface area contributed by atoms with Crippen LogP contribution in [0.4, 0.5) is 5.69 Å². The van der Waals surface area contributed by atoms with Crippen LogP contribution in [0.1, 0.15) is 36.5 Å². The van der Waals surface area contributed by atoms with E-state index in [0.29, 0.717) is 11.6 Å². The fourth-order valence-corrected chi connectivity index (χ4v) is 6.48. The number of rotatable bonds is 14. The van der Waals surface area contributed by atoms with E-state index in [4.69, 9.17) is 11.6 Å². The second-order valence-corrected chi connectivity index (χ2v) is 13.0. The van der Waals surface area contributed by atoms with Crippen molar-refractivity contribution in [3.05, 3.63) is 131 Å². The molecule has 0 saturated carbocycles. The fraction of sp³-hybridized carbons (Fsp3) is 0.257. The molecule has 2 amide bonds. The van der Waals surface area contributed by atoms with Gasteiger partial charge in [-0.2, -0.15) is 0 Å². The number of carbonyl (C=O) groups is 2. The van der Waals surface area contributed by atoms with Crippen molar-refractivity contribution in [1.29, 1.82) is 0 Å². The molecule has 0 aliphatic carbocycles. The van der Waals surface area contributed by atoms with Gasteiger partial charge in [-0.05, 0) is 60.9 Å². The third-order valence-corrected chi connectivity index (χ3v) is 9.30. The SMILES string of the molecule is CCCCNC(=O)[C@H](Cc1ccccc1)N(Cc1cccc(C)c1)C(=O)CN(c1ccc(Cl)cc1)S(=O)(=O)c1ccccc1. The minimum atomic E-state index is -4.16. The molecular formula is C35H38ClN3O4S. The Kier molecular flexibility index (Phi) is 11.6.